The standard InChI is InChI=1S/C19H36O6/c1-13(17(3,4)7-20)15-22-9-19(10-23-15)11-24-16(25-12-19)14(2)18(5,6)8-21/h13-16,20-21H,7-12H2,1-6H3. The average Bonchev–Trinajstić information content (AvgIpc) is 2.62. The Balaban J connectivity index is 1.87. The van der Waals surface area contributed by atoms with Crippen LogP contribution in [0.4, 0.5) is 0 Å². The van der Waals surface area contributed by atoms with Gasteiger partial charge in [0.2, 0.25) is 0 Å². The Hall–Kier alpha value is -0.240. The van der Waals surface area contributed by atoms with Gasteiger partial charge in [0.1, 0.15) is 0 Å². The molecule has 6 nitrogen and oxygen atoms in total. The first-order chi connectivity index (χ1) is 11.6. The van der Waals surface area contributed by atoms with Crippen molar-refractivity contribution in [1.82, 2.24) is 0 Å². The van der Waals surface area contributed by atoms with Gasteiger partial charge in [-0.3, -0.25) is 0 Å². The van der Waals surface area contributed by atoms with E-state index in [1.807, 2.05) is 41.5 Å². The van der Waals surface area contributed by atoms with Crippen molar-refractivity contribution >= 4 is 0 Å². The molecule has 25 heavy (non-hydrogen) atoms. The molecule has 0 aromatic carbocycles. The molecule has 2 unspecified atom stereocenters. The van der Waals surface area contributed by atoms with Crippen molar-refractivity contribution in [2.75, 3.05) is 39.6 Å². The van der Waals surface area contributed by atoms with Gasteiger partial charge >= 0.3 is 0 Å². The van der Waals surface area contributed by atoms with E-state index >= 15 is 0 Å². The molecule has 2 aliphatic heterocycles. The van der Waals surface area contributed by atoms with E-state index < -0.39 is 0 Å². The molecule has 0 amide bonds. The fourth-order valence-electron chi connectivity index (χ4n) is 2.98. The van der Waals surface area contributed by atoms with Gasteiger partial charge in [0, 0.05) is 25.0 Å². The first-order valence-electron chi connectivity index (χ1n) is 9.25. The Morgan fingerprint density at radius 2 is 1.04 bits per heavy atom. The SMILES string of the molecule is CC(C1OCC2(CO1)COC(C(C)C(C)(C)CO)OC2)C(C)(C)CO. The summed E-state index contributed by atoms with van der Waals surface area (Å²) < 4.78 is 23.9. The molecule has 2 heterocycles. The van der Waals surface area contributed by atoms with Gasteiger partial charge in [-0.15, -0.1) is 0 Å². The molecule has 2 fully saturated rings. The van der Waals surface area contributed by atoms with E-state index in [0.29, 0.717) is 26.4 Å². The Kier molecular flexibility index (Phi) is 6.56. The molecule has 2 saturated heterocycles. The lowest BCUT2D eigenvalue weighted by Gasteiger charge is -2.48. The number of aliphatic hydroxyl groups is 2. The smallest absolute Gasteiger partial charge is 0.160 e. The largest absolute Gasteiger partial charge is 0.396 e. The van der Waals surface area contributed by atoms with Crippen molar-refractivity contribution in [3.63, 3.8) is 0 Å². The fraction of sp³-hybridized carbons (Fsp3) is 1.00. The van der Waals surface area contributed by atoms with E-state index in [9.17, 15) is 10.2 Å². The summed E-state index contributed by atoms with van der Waals surface area (Å²) in [5, 5.41) is 19.1. The third kappa shape index (κ3) is 4.54. The molecule has 2 atom stereocenters. The topological polar surface area (TPSA) is 77.4 Å². The van der Waals surface area contributed by atoms with Crippen LogP contribution in [0.1, 0.15) is 41.5 Å². The van der Waals surface area contributed by atoms with E-state index in [1.165, 1.54) is 0 Å². The highest BCUT2D eigenvalue weighted by atomic mass is 16.7. The van der Waals surface area contributed by atoms with Crippen molar-refractivity contribution in [2.45, 2.75) is 54.1 Å². The zero-order chi connectivity index (χ0) is 18.9. The zero-order valence-corrected chi connectivity index (χ0v) is 16.6. The summed E-state index contributed by atoms with van der Waals surface area (Å²) in [4.78, 5) is 0. The maximum atomic E-state index is 9.54. The van der Waals surface area contributed by atoms with Crippen LogP contribution in [0, 0.1) is 28.1 Å². The van der Waals surface area contributed by atoms with Gasteiger partial charge in [-0.25, -0.2) is 0 Å². The molecule has 0 radical (unpaired) electrons. The summed E-state index contributed by atoms with van der Waals surface area (Å²) >= 11 is 0. The maximum absolute atomic E-state index is 9.54. The molecular formula is C19H36O6. The van der Waals surface area contributed by atoms with Gasteiger partial charge in [0.15, 0.2) is 12.6 Å². The summed E-state index contributed by atoms with van der Waals surface area (Å²) in [6, 6.07) is 0. The molecule has 2 aliphatic rings. The molecule has 2 rings (SSSR count). The summed E-state index contributed by atoms with van der Waals surface area (Å²) in [6.45, 7) is 14.4. The average molecular weight is 360 g/mol. The number of ether oxygens (including phenoxy) is 4. The molecule has 1 spiro atoms. The summed E-state index contributed by atoms with van der Waals surface area (Å²) in [7, 11) is 0. The van der Waals surface area contributed by atoms with Crippen molar-refractivity contribution in [2.24, 2.45) is 28.1 Å². The van der Waals surface area contributed by atoms with Crippen LogP contribution in [-0.4, -0.2) is 62.4 Å². The summed E-state index contributed by atoms with van der Waals surface area (Å²) in [6.07, 6.45) is -0.643. The second kappa shape index (κ2) is 7.79. The lowest BCUT2D eigenvalue weighted by Crippen LogP contribution is -2.55. The summed E-state index contributed by atoms with van der Waals surface area (Å²) in [5.41, 5.74) is -0.796. The minimum Gasteiger partial charge on any atom is -0.396 e. The lowest BCUT2D eigenvalue weighted by atomic mass is 9.79. The van der Waals surface area contributed by atoms with Crippen LogP contribution < -0.4 is 0 Å². The number of hydrogen-bond donors (Lipinski definition) is 2. The minimum absolute atomic E-state index is 0.0819. The molecular weight excluding hydrogens is 324 g/mol. The third-order valence-electron chi connectivity index (χ3n) is 6.31. The third-order valence-corrected chi connectivity index (χ3v) is 6.31. The maximum Gasteiger partial charge on any atom is 0.160 e. The highest BCUT2D eigenvalue weighted by molar-refractivity contribution is 4.88. The van der Waals surface area contributed by atoms with Gasteiger partial charge in [0.25, 0.3) is 0 Å². The van der Waals surface area contributed by atoms with Crippen molar-refractivity contribution in [3.05, 3.63) is 0 Å². The predicted molar refractivity (Wildman–Crippen MR) is 93.9 cm³/mol. The fourth-order valence-corrected chi connectivity index (χ4v) is 2.98. The molecule has 6 heteroatoms. The minimum atomic E-state index is -0.322. The van der Waals surface area contributed by atoms with E-state index in [-0.39, 0.29) is 53.9 Å². The Labute approximate surface area is 151 Å². The quantitative estimate of drug-likeness (QED) is 0.755. The Morgan fingerprint density at radius 3 is 1.28 bits per heavy atom. The van der Waals surface area contributed by atoms with Gasteiger partial charge in [0.05, 0.1) is 31.8 Å². The first-order valence-corrected chi connectivity index (χ1v) is 9.25. The molecule has 0 bridgehead atoms. The van der Waals surface area contributed by atoms with Crippen LogP contribution in [0.2, 0.25) is 0 Å². The number of rotatable bonds is 6. The molecule has 0 aromatic rings. The van der Waals surface area contributed by atoms with Gasteiger partial charge in [-0.1, -0.05) is 41.5 Å². The monoisotopic (exact) mass is 360 g/mol. The molecule has 148 valence electrons. The van der Waals surface area contributed by atoms with Crippen LogP contribution in [0.5, 0.6) is 0 Å². The van der Waals surface area contributed by atoms with E-state index in [4.69, 9.17) is 18.9 Å². The lowest BCUT2D eigenvalue weighted by molar-refractivity contribution is -0.327. The molecule has 0 aliphatic carbocycles. The van der Waals surface area contributed by atoms with E-state index in [2.05, 4.69) is 0 Å². The second-order valence-corrected chi connectivity index (χ2v) is 9.35. The first kappa shape index (κ1) is 21.1. The zero-order valence-electron chi connectivity index (χ0n) is 16.6. The van der Waals surface area contributed by atoms with Gasteiger partial charge in [-0.05, 0) is 10.8 Å². The van der Waals surface area contributed by atoms with Crippen LogP contribution in [0.3, 0.4) is 0 Å². The summed E-state index contributed by atoms with van der Waals surface area (Å²) in [5.74, 6) is 0.164. The Morgan fingerprint density at radius 1 is 0.760 bits per heavy atom. The van der Waals surface area contributed by atoms with Gasteiger partial charge in [-0.2, -0.15) is 0 Å². The Bertz CT molecular complexity index is 376. The highest BCUT2D eigenvalue weighted by Gasteiger charge is 2.46. The number of hydrogen-bond acceptors (Lipinski definition) is 6. The van der Waals surface area contributed by atoms with Gasteiger partial charge < -0.3 is 29.2 Å². The van der Waals surface area contributed by atoms with Crippen molar-refractivity contribution in [1.29, 1.82) is 0 Å². The van der Waals surface area contributed by atoms with Crippen LogP contribution in [0.25, 0.3) is 0 Å². The molecule has 0 aromatic heterocycles. The van der Waals surface area contributed by atoms with Crippen LogP contribution in [0.15, 0.2) is 0 Å². The molecule has 2 N–H and O–H groups in total. The number of aliphatic hydroxyl groups excluding tert-OH is 2. The highest BCUT2D eigenvalue weighted by Crippen LogP contribution is 2.39. The van der Waals surface area contributed by atoms with Crippen LogP contribution >= 0.6 is 0 Å². The second-order valence-electron chi connectivity index (χ2n) is 9.35. The van der Waals surface area contributed by atoms with Crippen LogP contribution in [-0.2, 0) is 18.9 Å². The van der Waals surface area contributed by atoms with E-state index in [0.717, 1.165) is 0 Å². The molecule has 0 saturated carbocycles. The van der Waals surface area contributed by atoms with Crippen molar-refractivity contribution < 1.29 is 29.2 Å². The van der Waals surface area contributed by atoms with Crippen molar-refractivity contribution in [3.8, 4) is 0 Å². The van der Waals surface area contributed by atoms with E-state index in [1.54, 1.807) is 0 Å². The normalized spacial score (nSPS) is 34.1. The predicted octanol–water partition coefficient (Wildman–Crippen LogP) is 2.03.